The van der Waals surface area contributed by atoms with Crippen molar-refractivity contribution in [2.45, 2.75) is 46.6 Å². The van der Waals surface area contributed by atoms with Crippen molar-refractivity contribution >= 4 is 23.2 Å². The van der Waals surface area contributed by atoms with Gasteiger partial charge in [-0.2, -0.15) is 0 Å². The third-order valence-electron chi connectivity index (χ3n) is 4.17. The van der Waals surface area contributed by atoms with Gasteiger partial charge < -0.3 is 20.7 Å². The van der Waals surface area contributed by atoms with Crippen molar-refractivity contribution < 1.29 is 14.3 Å². The average Bonchev–Trinajstić information content (AvgIpc) is 2.66. The summed E-state index contributed by atoms with van der Waals surface area (Å²) in [6, 6.07) is 14.4. The van der Waals surface area contributed by atoms with Crippen LogP contribution in [0.3, 0.4) is 0 Å². The molecular formula is C24H33N3O3. The fourth-order valence-corrected chi connectivity index (χ4v) is 2.62. The molecule has 0 unspecified atom stereocenters. The van der Waals surface area contributed by atoms with E-state index in [0.717, 1.165) is 17.9 Å². The predicted octanol–water partition coefficient (Wildman–Crippen LogP) is 4.69. The number of benzene rings is 2. The maximum absolute atomic E-state index is 12.3. The predicted molar refractivity (Wildman–Crippen MR) is 122 cm³/mol. The molecule has 0 aliphatic rings. The van der Waals surface area contributed by atoms with Crippen LogP contribution in [-0.2, 0) is 4.79 Å². The standard InChI is InChI=1S/C24H33N3O3/c1-17(2)13-14-30-21-11-9-19(10-12-21)25-16-22(28)26-20-8-6-7-18(15-20)23(29)27-24(3,4)5/h6-12,15,17,25H,13-14,16H2,1-5H3,(H,26,28)(H,27,29). The fraction of sp³-hybridized carbons (Fsp3) is 0.417. The maximum Gasteiger partial charge on any atom is 0.251 e. The van der Waals surface area contributed by atoms with E-state index in [9.17, 15) is 9.59 Å². The molecule has 0 saturated heterocycles. The minimum Gasteiger partial charge on any atom is -0.494 e. The molecule has 30 heavy (non-hydrogen) atoms. The summed E-state index contributed by atoms with van der Waals surface area (Å²) in [4.78, 5) is 24.6. The molecule has 0 saturated carbocycles. The summed E-state index contributed by atoms with van der Waals surface area (Å²) >= 11 is 0. The highest BCUT2D eigenvalue weighted by atomic mass is 16.5. The van der Waals surface area contributed by atoms with Gasteiger partial charge in [-0.3, -0.25) is 9.59 Å². The molecule has 2 rings (SSSR count). The Bertz CT molecular complexity index is 840. The average molecular weight is 412 g/mol. The summed E-state index contributed by atoms with van der Waals surface area (Å²) in [6.07, 6.45) is 1.01. The number of ether oxygens (including phenoxy) is 1. The smallest absolute Gasteiger partial charge is 0.251 e. The number of amides is 2. The first-order valence-corrected chi connectivity index (χ1v) is 10.3. The van der Waals surface area contributed by atoms with Crippen molar-refractivity contribution in [1.82, 2.24) is 5.32 Å². The molecule has 6 nitrogen and oxygen atoms in total. The van der Waals surface area contributed by atoms with E-state index < -0.39 is 0 Å². The number of carbonyl (C=O) groups excluding carboxylic acids is 2. The molecular weight excluding hydrogens is 378 g/mol. The molecule has 0 aliphatic carbocycles. The van der Waals surface area contributed by atoms with E-state index in [4.69, 9.17) is 4.74 Å². The van der Waals surface area contributed by atoms with E-state index in [1.807, 2.05) is 45.0 Å². The molecule has 2 amide bonds. The number of nitrogens with one attached hydrogen (secondary N) is 3. The molecule has 0 radical (unpaired) electrons. The molecule has 0 bridgehead atoms. The van der Waals surface area contributed by atoms with E-state index in [1.54, 1.807) is 24.3 Å². The molecule has 0 atom stereocenters. The van der Waals surface area contributed by atoms with Crippen LogP contribution >= 0.6 is 0 Å². The van der Waals surface area contributed by atoms with Gasteiger partial charge in [-0.05, 0) is 75.6 Å². The Kier molecular flexibility index (Phi) is 8.27. The molecule has 3 N–H and O–H groups in total. The Morgan fingerprint density at radius 2 is 1.70 bits per heavy atom. The Labute approximate surface area is 179 Å². The van der Waals surface area contributed by atoms with Crippen LogP contribution in [0.25, 0.3) is 0 Å². The summed E-state index contributed by atoms with van der Waals surface area (Å²) in [5.74, 6) is 1.06. The second-order valence-electron chi connectivity index (χ2n) is 8.74. The molecule has 6 heteroatoms. The summed E-state index contributed by atoms with van der Waals surface area (Å²) < 4.78 is 5.70. The van der Waals surface area contributed by atoms with Crippen LogP contribution in [0.4, 0.5) is 11.4 Å². The van der Waals surface area contributed by atoms with Crippen LogP contribution in [0.2, 0.25) is 0 Å². The van der Waals surface area contributed by atoms with Gasteiger partial charge >= 0.3 is 0 Å². The summed E-state index contributed by atoms with van der Waals surface area (Å²) in [5.41, 5.74) is 1.59. The number of hydrogen-bond acceptors (Lipinski definition) is 4. The number of hydrogen-bond donors (Lipinski definition) is 3. The van der Waals surface area contributed by atoms with Crippen LogP contribution in [0.5, 0.6) is 5.75 Å². The Hall–Kier alpha value is -3.02. The SMILES string of the molecule is CC(C)CCOc1ccc(NCC(=O)Nc2cccc(C(=O)NC(C)(C)C)c2)cc1. The zero-order valence-corrected chi connectivity index (χ0v) is 18.5. The van der Waals surface area contributed by atoms with Crippen molar-refractivity contribution in [2.24, 2.45) is 5.92 Å². The maximum atomic E-state index is 12.3. The first-order valence-electron chi connectivity index (χ1n) is 10.3. The van der Waals surface area contributed by atoms with Gasteiger partial charge in [0.25, 0.3) is 5.91 Å². The van der Waals surface area contributed by atoms with Gasteiger partial charge in [0, 0.05) is 22.5 Å². The molecule has 0 fully saturated rings. The van der Waals surface area contributed by atoms with Gasteiger partial charge in [0.2, 0.25) is 5.91 Å². The molecule has 0 aromatic heterocycles. The van der Waals surface area contributed by atoms with E-state index in [2.05, 4.69) is 29.8 Å². The molecule has 0 spiro atoms. The highest BCUT2D eigenvalue weighted by Crippen LogP contribution is 2.17. The fourth-order valence-electron chi connectivity index (χ4n) is 2.62. The van der Waals surface area contributed by atoms with Gasteiger partial charge in [0.15, 0.2) is 0 Å². The van der Waals surface area contributed by atoms with E-state index >= 15 is 0 Å². The zero-order valence-electron chi connectivity index (χ0n) is 18.5. The van der Waals surface area contributed by atoms with Gasteiger partial charge in [-0.1, -0.05) is 19.9 Å². The number of anilines is 2. The molecule has 0 aliphatic heterocycles. The minimum absolute atomic E-state index is 0.117. The van der Waals surface area contributed by atoms with E-state index in [0.29, 0.717) is 23.8 Å². The first-order chi connectivity index (χ1) is 14.1. The van der Waals surface area contributed by atoms with E-state index in [1.165, 1.54) is 0 Å². The van der Waals surface area contributed by atoms with Crippen LogP contribution in [0.1, 0.15) is 51.4 Å². The molecule has 2 aromatic rings. The molecule has 162 valence electrons. The van der Waals surface area contributed by atoms with Crippen LogP contribution in [0.15, 0.2) is 48.5 Å². The molecule has 2 aromatic carbocycles. The van der Waals surface area contributed by atoms with Crippen LogP contribution < -0.4 is 20.7 Å². The van der Waals surface area contributed by atoms with Crippen molar-refractivity contribution in [3.63, 3.8) is 0 Å². The monoisotopic (exact) mass is 411 g/mol. The summed E-state index contributed by atoms with van der Waals surface area (Å²) in [7, 11) is 0. The van der Waals surface area contributed by atoms with Crippen LogP contribution in [-0.4, -0.2) is 30.5 Å². The lowest BCUT2D eigenvalue weighted by Crippen LogP contribution is -2.40. The highest BCUT2D eigenvalue weighted by molar-refractivity contribution is 5.98. The summed E-state index contributed by atoms with van der Waals surface area (Å²) in [5, 5.41) is 8.81. The lowest BCUT2D eigenvalue weighted by Gasteiger charge is -2.20. The first kappa shape index (κ1) is 23.3. The van der Waals surface area contributed by atoms with Crippen molar-refractivity contribution in [3.05, 3.63) is 54.1 Å². The highest BCUT2D eigenvalue weighted by Gasteiger charge is 2.15. The second kappa shape index (κ2) is 10.7. The topological polar surface area (TPSA) is 79.5 Å². The van der Waals surface area contributed by atoms with Gasteiger partial charge in [-0.25, -0.2) is 0 Å². The zero-order chi connectivity index (χ0) is 22.1. The third-order valence-corrected chi connectivity index (χ3v) is 4.17. The van der Waals surface area contributed by atoms with Crippen molar-refractivity contribution in [2.75, 3.05) is 23.8 Å². The van der Waals surface area contributed by atoms with E-state index in [-0.39, 0.29) is 23.9 Å². The molecule has 0 heterocycles. The quantitative estimate of drug-likeness (QED) is 0.559. The van der Waals surface area contributed by atoms with Gasteiger partial charge in [-0.15, -0.1) is 0 Å². The Morgan fingerprint density at radius 3 is 2.33 bits per heavy atom. The van der Waals surface area contributed by atoms with Crippen molar-refractivity contribution in [1.29, 1.82) is 0 Å². The van der Waals surface area contributed by atoms with Gasteiger partial charge in [0.1, 0.15) is 5.75 Å². The number of carbonyl (C=O) groups is 2. The number of rotatable bonds is 9. The largest absolute Gasteiger partial charge is 0.494 e. The second-order valence-corrected chi connectivity index (χ2v) is 8.74. The Balaban J connectivity index is 1.83. The Morgan fingerprint density at radius 1 is 1.00 bits per heavy atom. The van der Waals surface area contributed by atoms with Gasteiger partial charge in [0.05, 0.1) is 13.2 Å². The lowest BCUT2D eigenvalue weighted by molar-refractivity contribution is -0.114. The summed E-state index contributed by atoms with van der Waals surface area (Å²) in [6.45, 7) is 10.9. The third kappa shape index (κ3) is 8.55. The lowest BCUT2D eigenvalue weighted by atomic mass is 10.1. The normalized spacial score (nSPS) is 11.1. The minimum atomic E-state index is -0.324. The van der Waals surface area contributed by atoms with Crippen LogP contribution in [0, 0.1) is 5.92 Å². The van der Waals surface area contributed by atoms with Crippen molar-refractivity contribution in [3.8, 4) is 5.75 Å².